The molecule has 154 valence electrons. The quantitative estimate of drug-likeness (QED) is 0.756. The van der Waals surface area contributed by atoms with Crippen LogP contribution in [0.4, 0.5) is 8.78 Å². The molecule has 6 nitrogen and oxygen atoms in total. The summed E-state index contributed by atoms with van der Waals surface area (Å²) in [6.45, 7) is 3.49. The number of ether oxygens (including phenoxy) is 1. The Morgan fingerprint density at radius 2 is 2.00 bits per heavy atom. The van der Waals surface area contributed by atoms with Gasteiger partial charge in [0, 0.05) is 36.7 Å². The minimum Gasteiger partial charge on any atom is -0.493 e. The van der Waals surface area contributed by atoms with Crippen LogP contribution in [0.2, 0.25) is 0 Å². The van der Waals surface area contributed by atoms with E-state index >= 15 is 0 Å². The smallest absolute Gasteiger partial charge is 0.248 e. The first-order chi connectivity index (χ1) is 13.2. The van der Waals surface area contributed by atoms with E-state index in [0.29, 0.717) is 5.75 Å². The molecule has 0 spiro atoms. The van der Waals surface area contributed by atoms with E-state index in [0.717, 1.165) is 11.4 Å². The maximum absolute atomic E-state index is 13.9. The minimum atomic E-state index is -3.47. The first kappa shape index (κ1) is 20.7. The van der Waals surface area contributed by atoms with Crippen LogP contribution in [0.5, 0.6) is 5.75 Å². The average molecular weight is 413 g/mol. The summed E-state index contributed by atoms with van der Waals surface area (Å²) in [7, 11) is -3.47. The van der Waals surface area contributed by atoms with Crippen LogP contribution >= 0.6 is 0 Å². The highest BCUT2D eigenvalue weighted by molar-refractivity contribution is 7.89. The number of nitrogens with zero attached hydrogens (tertiary/aromatic N) is 2. The molecular weight excluding hydrogens is 388 g/mol. The summed E-state index contributed by atoms with van der Waals surface area (Å²) >= 11 is 0. The van der Waals surface area contributed by atoms with Gasteiger partial charge in [-0.1, -0.05) is 0 Å². The van der Waals surface area contributed by atoms with Gasteiger partial charge in [-0.05, 0) is 50.6 Å². The molecule has 2 atom stereocenters. The fraction of sp³-hybridized carbons (Fsp3) is 0.526. The molecule has 9 heteroatoms. The third-order valence-corrected chi connectivity index (χ3v) is 6.46. The lowest BCUT2D eigenvalue weighted by atomic mass is 9.83. The summed E-state index contributed by atoms with van der Waals surface area (Å²) in [4.78, 5) is 0. The Labute approximate surface area is 163 Å². The molecule has 1 saturated carbocycles. The molecule has 2 aromatic rings. The van der Waals surface area contributed by atoms with Gasteiger partial charge in [-0.2, -0.15) is 5.10 Å². The molecule has 3 rings (SSSR count). The summed E-state index contributed by atoms with van der Waals surface area (Å²) in [6, 6.07) is 8.52. The van der Waals surface area contributed by atoms with Crippen molar-refractivity contribution in [2.24, 2.45) is 5.92 Å². The van der Waals surface area contributed by atoms with Gasteiger partial charge in [0.15, 0.2) is 0 Å². The van der Waals surface area contributed by atoms with E-state index in [1.807, 2.05) is 25.1 Å². The lowest BCUT2D eigenvalue weighted by Crippen LogP contribution is -2.48. The lowest BCUT2D eigenvalue weighted by Gasteiger charge is -2.36. The largest absolute Gasteiger partial charge is 0.493 e. The summed E-state index contributed by atoms with van der Waals surface area (Å²) in [5, 5.41) is 4.23. The second-order valence-electron chi connectivity index (χ2n) is 7.18. The number of halogens is 2. The standard InChI is InChI=1S/C19H25F2N3O3S/c1-3-28(25,26)23-18-8-10-19(20,21)12-15(18)13-27-17-6-4-16(5-7-17)24-14(2)9-11-22-24/h4-7,9,11,15,18,23H,3,8,10,12-13H2,1-2H3/t15-,18+/m0/s1. The van der Waals surface area contributed by atoms with Gasteiger partial charge < -0.3 is 4.74 Å². The minimum absolute atomic E-state index is 0.0205. The highest BCUT2D eigenvalue weighted by Crippen LogP contribution is 2.37. The van der Waals surface area contributed by atoms with Gasteiger partial charge >= 0.3 is 0 Å². The second-order valence-corrected chi connectivity index (χ2v) is 9.22. The fourth-order valence-electron chi connectivity index (χ4n) is 3.40. The zero-order chi connectivity index (χ0) is 20.4. The molecule has 1 N–H and O–H groups in total. The Balaban J connectivity index is 1.67. The normalized spacial score (nSPS) is 22.1. The van der Waals surface area contributed by atoms with E-state index < -0.39 is 34.3 Å². The van der Waals surface area contributed by atoms with E-state index in [1.165, 1.54) is 6.92 Å². The van der Waals surface area contributed by atoms with Crippen LogP contribution in [0.1, 0.15) is 31.9 Å². The van der Waals surface area contributed by atoms with E-state index in [9.17, 15) is 17.2 Å². The van der Waals surface area contributed by atoms with Crippen molar-refractivity contribution >= 4 is 10.0 Å². The van der Waals surface area contributed by atoms with Crippen molar-refractivity contribution in [3.8, 4) is 11.4 Å². The van der Waals surface area contributed by atoms with Crippen LogP contribution < -0.4 is 9.46 Å². The molecule has 0 radical (unpaired) electrons. The predicted molar refractivity (Wildman–Crippen MR) is 102 cm³/mol. The van der Waals surface area contributed by atoms with Crippen LogP contribution in [-0.2, 0) is 10.0 Å². The van der Waals surface area contributed by atoms with E-state index in [1.54, 1.807) is 23.0 Å². The molecule has 0 saturated heterocycles. The van der Waals surface area contributed by atoms with Crippen molar-refractivity contribution in [1.29, 1.82) is 0 Å². The predicted octanol–water partition coefficient (Wildman–Crippen LogP) is 3.30. The van der Waals surface area contributed by atoms with Gasteiger partial charge in [0.25, 0.3) is 0 Å². The number of hydrogen-bond donors (Lipinski definition) is 1. The Kier molecular flexibility index (Phi) is 6.04. The van der Waals surface area contributed by atoms with Crippen molar-refractivity contribution in [3.05, 3.63) is 42.2 Å². The molecule has 1 aliphatic rings. The average Bonchev–Trinajstić information content (AvgIpc) is 3.08. The number of aryl methyl sites for hydroxylation is 1. The maximum atomic E-state index is 13.9. The number of benzene rings is 1. The van der Waals surface area contributed by atoms with Crippen LogP contribution in [0.25, 0.3) is 5.69 Å². The zero-order valence-electron chi connectivity index (χ0n) is 15.9. The van der Waals surface area contributed by atoms with Crippen molar-refractivity contribution in [1.82, 2.24) is 14.5 Å². The first-order valence-electron chi connectivity index (χ1n) is 9.31. The van der Waals surface area contributed by atoms with E-state index in [4.69, 9.17) is 4.74 Å². The van der Waals surface area contributed by atoms with Crippen molar-refractivity contribution in [3.63, 3.8) is 0 Å². The number of rotatable bonds is 7. The van der Waals surface area contributed by atoms with Crippen LogP contribution in [0.3, 0.4) is 0 Å². The first-order valence-corrected chi connectivity index (χ1v) is 11.0. The van der Waals surface area contributed by atoms with Gasteiger partial charge in [0.2, 0.25) is 15.9 Å². The molecule has 1 aromatic carbocycles. The van der Waals surface area contributed by atoms with Gasteiger partial charge in [0.05, 0.1) is 18.0 Å². The molecule has 1 fully saturated rings. The monoisotopic (exact) mass is 413 g/mol. The zero-order valence-corrected chi connectivity index (χ0v) is 16.8. The Morgan fingerprint density at radius 1 is 1.29 bits per heavy atom. The van der Waals surface area contributed by atoms with Crippen molar-refractivity contribution in [2.45, 2.75) is 45.1 Å². The second kappa shape index (κ2) is 8.16. The maximum Gasteiger partial charge on any atom is 0.248 e. The molecule has 1 heterocycles. The molecule has 0 bridgehead atoms. The summed E-state index contributed by atoms with van der Waals surface area (Å²) in [5.74, 6) is -2.94. The van der Waals surface area contributed by atoms with Gasteiger partial charge in [0.1, 0.15) is 5.75 Å². The Hall–Kier alpha value is -2.00. The molecular formula is C19H25F2N3O3S. The highest BCUT2D eigenvalue weighted by Gasteiger charge is 2.42. The molecule has 0 amide bonds. The molecule has 1 aliphatic carbocycles. The van der Waals surface area contributed by atoms with Crippen LogP contribution in [0.15, 0.2) is 36.5 Å². The van der Waals surface area contributed by atoms with E-state index in [2.05, 4.69) is 9.82 Å². The van der Waals surface area contributed by atoms with E-state index in [-0.39, 0.29) is 25.2 Å². The number of nitrogens with one attached hydrogen (secondary N) is 1. The summed E-state index contributed by atoms with van der Waals surface area (Å²) in [6.07, 6.45) is 1.09. The summed E-state index contributed by atoms with van der Waals surface area (Å²) in [5.41, 5.74) is 1.86. The Bertz CT molecular complexity index is 897. The number of alkyl halides is 2. The summed E-state index contributed by atoms with van der Waals surface area (Å²) < 4.78 is 61.6. The van der Waals surface area contributed by atoms with Crippen molar-refractivity contribution in [2.75, 3.05) is 12.4 Å². The van der Waals surface area contributed by atoms with Crippen LogP contribution in [0, 0.1) is 12.8 Å². The third-order valence-electron chi connectivity index (χ3n) is 5.04. The SMILES string of the molecule is CCS(=O)(=O)N[C@@H]1CCC(F)(F)C[C@H]1COc1ccc(-n2nccc2C)cc1. The Morgan fingerprint density at radius 3 is 2.61 bits per heavy atom. The molecule has 28 heavy (non-hydrogen) atoms. The van der Waals surface area contributed by atoms with Gasteiger partial charge in [-0.15, -0.1) is 0 Å². The fourth-order valence-corrected chi connectivity index (χ4v) is 4.34. The number of aromatic nitrogens is 2. The topological polar surface area (TPSA) is 73.2 Å². The number of sulfonamides is 1. The van der Waals surface area contributed by atoms with Gasteiger partial charge in [-0.25, -0.2) is 26.6 Å². The molecule has 1 aromatic heterocycles. The molecule has 0 unspecified atom stereocenters. The lowest BCUT2D eigenvalue weighted by molar-refractivity contribution is -0.0660. The van der Waals surface area contributed by atoms with Crippen molar-refractivity contribution < 1.29 is 21.9 Å². The van der Waals surface area contributed by atoms with Crippen LogP contribution in [-0.4, -0.2) is 42.5 Å². The third kappa shape index (κ3) is 5.08. The highest BCUT2D eigenvalue weighted by atomic mass is 32.2. The molecule has 0 aliphatic heterocycles. The van der Waals surface area contributed by atoms with Gasteiger partial charge in [-0.3, -0.25) is 0 Å². The number of hydrogen-bond acceptors (Lipinski definition) is 4.